The molecule has 3 rings (SSSR count). The van der Waals surface area contributed by atoms with E-state index >= 15 is 0 Å². The SMILES string of the molecule is CC1(CN)CCN(CC(=O)NC(C2CC2)C2CC2)C1. The van der Waals surface area contributed by atoms with Gasteiger partial charge in [-0.05, 0) is 62.4 Å². The molecule has 0 bridgehead atoms. The number of nitrogens with zero attached hydrogens (tertiary/aromatic N) is 1. The van der Waals surface area contributed by atoms with Crippen LogP contribution in [0.5, 0.6) is 0 Å². The Balaban J connectivity index is 1.46. The predicted molar refractivity (Wildman–Crippen MR) is 75.6 cm³/mol. The van der Waals surface area contributed by atoms with Crippen LogP contribution in [0.4, 0.5) is 0 Å². The summed E-state index contributed by atoms with van der Waals surface area (Å²) in [5, 5.41) is 3.30. The van der Waals surface area contributed by atoms with Crippen molar-refractivity contribution in [3.8, 4) is 0 Å². The Bertz CT molecular complexity index is 339. The molecule has 0 aromatic carbocycles. The summed E-state index contributed by atoms with van der Waals surface area (Å²) in [6, 6.07) is 0.482. The van der Waals surface area contributed by atoms with Crippen LogP contribution in [0.2, 0.25) is 0 Å². The molecule has 19 heavy (non-hydrogen) atoms. The highest BCUT2D eigenvalue weighted by Gasteiger charge is 2.42. The summed E-state index contributed by atoms with van der Waals surface area (Å²) >= 11 is 0. The molecule has 1 amide bonds. The van der Waals surface area contributed by atoms with Gasteiger partial charge in [0.15, 0.2) is 0 Å². The number of amides is 1. The Hall–Kier alpha value is -0.610. The van der Waals surface area contributed by atoms with Gasteiger partial charge in [0.1, 0.15) is 0 Å². The Morgan fingerprint density at radius 3 is 2.47 bits per heavy atom. The van der Waals surface area contributed by atoms with Crippen LogP contribution in [0.1, 0.15) is 39.0 Å². The monoisotopic (exact) mass is 265 g/mol. The van der Waals surface area contributed by atoms with Gasteiger partial charge >= 0.3 is 0 Å². The first kappa shape index (κ1) is 13.4. The van der Waals surface area contributed by atoms with Crippen LogP contribution >= 0.6 is 0 Å². The molecule has 1 aliphatic heterocycles. The third-order valence-corrected chi connectivity index (χ3v) is 5.08. The number of hydrogen-bond donors (Lipinski definition) is 2. The van der Waals surface area contributed by atoms with Gasteiger partial charge in [0.2, 0.25) is 5.91 Å². The largest absolute Gasteiger partial charge is 0.352 e. The fourth-order valence-corrected chi connectivity index (χ4v) is 3.39. The molecule has 1 saturated heterocycles. The lowest BCUT2D eigenvalue weighted by molar-refractivity contribution is -0.123. The number of nitrogens with two attached hydrogens (primary N) is 1. The minimum absolute atomic E-state index is 0.215. The van der Waals surface area contributed by atoms with Crippen LogP contribution < -0.4 is 11.1 Å². The maximum Gasteiger partial charge on any atom is 0.234 e. The molecule has 1 atom stereocenters. The highest BCUT2D eigenvalue weighted by molar-refractivity contribution is 5.78. The van der Waals surface area contributed by atoms with Crippen molar-refractivity contribution in [2.45, 2.75) is 45.1 Å². The van der Waals surface area contributed by atoms with Crippen LogP contribution in [0, 0.1) is 17.3 Å². The van der Waals surface area contributed by atoms with Crippen molar-refractivity contribution in [3.05, 3.63) is 0 Å². The van der Waals surface area contributed by atoms with Gasteiger partial charge < -0.3 is 11.1 Å². The molecule has 1 unspecified atom stereocenters. The highest BCUT2D eigenvalue weighted by atomic mass is 16.2. The van der Waals surface area contributed by atoms with Crippen molar-refractivity contribution in [1.29, 1.82) is 0 Å². The van der Waals surface area contributed by atoms with Gasteiger partial charge in [-0.25, -0.2) is 0 Å². The molecule has 0 aromatic heterocycles. The van der Waals surface area contributed by atoms with E-state index in [-0.39, 0.29) is 11.3 Å². The van der Waals surface area contributed by atoms with Crippen molar-refractivity contribution >= 4 is 5.91 Å². The molecule has 1 heterocycles. The third-order valence-electron chi connectivity index (χ3n) is 5.08. The average Bonchev–Trinajstić information content (AvgIpc) is 3.26. The molecule has 108 valence electrons. The van der Waals surface area contributed by atoms with E-state index in [1.807, 2.05) is 0 Å². The zero-order valence-electron chi connectivity index (χ0n) is 12.0. The van der Waals surface area contributed by atoms with E-state index in [0.29, 0.717) is 12.6 Å². The summed E-state index contributed by atoms with van der Waals surface area (Å²) in [6.45, 7) is 5.48. The summed E-state index contributed by atoms with van der Waals surface area (Å²) in [4.78, 5) is 14.5. The Morgan fingerprint density at radius 1 is 1.37 bits per heavy atom. The van der Waals surface area contributed by atoms with Crippen molar-refractivity contribution in [1.82, 2.24) is 10.2 Å². The minimum Gasteiger partial charge on any atom is -0.352 e. The molecule has 3 fully saturated rings. The minimum atomic E-state index is 0.215. The smallest absolute Gasteiger partial charge is 0.234 e. The Labute approximate surface area is 116 Å². The maximum atomic E-state index is 12.2. The molecule has 0 aromatic rings. The van der Waals surface area contributed by atoms with Gasteiger partial charge in [-0.1, -0.05) is 6.92 Å². The number of carbonyl (C=O) groups excluding carboxylic acids is 1. The van der Waals surface area contributed by atoms with Crippen LogP contribution in [0.25, 0.3) is 0 Å². The lowest BCUT2D eigenvalue weighted by atomic mass is 9.90. The van der Waals surface area contributed by atoms with Gasteiger partial charge in [0, 0.05) is 12.6 Å². The number of carbonyl (C=O) groups is 1. The summed E-state index contributed by atoms with van der Waals surface area (Å²) in [6.07, 6.45) is 6.38. The molecule has 0 radical (unpaired) electrons. The summed E-state index contributed by atoms with van der Waals surface area (Å²) < 4.78 is 0. The molecular formula is C15H27N3O. The first-order valence-electron chi connectivity index (χ1n) is 7.81. The van der Waals surface area contributed by atoms with Crippen molar-refractivity contribution in [3.63, 3.8) is 0 Å². The molecular weight excluding hydrogens is 238 g/mol. The predicted octanol–water partition coefficient (Wildman–Crippen LogP) is 0.962. The van der Waals surface area contributed by atoms with Gasteiger partial charge in [0.05, 0.1) is 6.54 Å². The average molecular weight is 265 g/mol. The van der Waals surface area contributed by atoms with E-state index in [9.17, 15) is 4.79 Å². The number of rotatable bonds is 6. The maximum absolute atomic E-state index is 12.2. The zero-order valence-corrected chi connectivity index (χ0v) is 12.0. The van der Waals surface area contributed by atoms with Crippen molar-refractivity contribution in [2.24, 2.45) is 23.0 Å². The molecule has 4 heteroatoms. The van der Waals surface area contributed by atoms with Crippen LogP contribution in [-0.4, -0.2) is 43.0 Å². The van der Waals surface area contributed by atoms with Gasteiger partial charge in [-0.15, -0.1) is 0 Å². The van der Waals surface area contributed by atoms with Gasteiger partial charge in [-0.2, -0.15) is 0 Å². The second-order valence-corrected chi connectivity index (χ2v) is 7.24. The second kappa shape index (κ2) is 5.06. The van der Waals surface area contributed by atoms with Gasteiger partial charge in [-0.3, -0.25) is 9.69 Å². The van der Waals surface area contributed by atoms with Crippen LogP contribution in [0.3, 0.4) is 0 Å². The normalized spacial score (nSPS) is 31.9. The lowest BCUT2D eigenvalue weighted by Gasteiger charge is -2.23. The van der Waals surface area contributed by atoms with Crippen molar-refractivity contribution in [2.75, 3.05) is 26.2 Å². The quantitative estimate of drug-likeness (QED) is 0.752. The number of nitrogens with one attached hydrogen (secondary N) is 1. The fourth-order valence-electron chi connectivity index (χ4n) is 3.39. The third kappa shape index (κ3) is 3.29. The topological polar surface area (TPSA) is 58.4 Å². The highest BCUT2D eigenvalue weighted by Crippen LogP contribution is 2.44. The van der Waals surface area contributed by atoms with Gasteiger partial charge in [0.25, 0.3) is 0 Å². The molecule has 4 nitrogen and oxygen atoms in total. The summed E-state index contributed by atoms with van der Waals surface area (Å²) in [7, 11) is 0. The molecule has 0 spiro atoms. The standard InChI is InChI=1S/C15H27N3O/c1-15(9-16)6-7-18(10-15)8-13(19)17-14(11-2-3-11)12-4-5-12/h11-12,14H,2-10,16H2,1H3,(H,17,19). The zero-order chi connectivity index (χ0) is 13.5. The number of likely N-dealkylation sites (tertiary alicyclic amines) is 1. The molecule has 2 aliphatic carbocycles. The Kier molecular flexibility index (Phi) is 3.56. The van der Waals surface area contributed by atoms with E-state index in [2.05, 4.69) is 17.1 Å². The lowest BCUT2D eigenvalue weighted by Crippen LogP contribution is -2.44. The summed E-state index contributed by atoms with van der Waals surface area (Å²) in [5.74, 6) is 1.79. The van der Waals surface area contributed by atoms with E-state index in [0.717, 1.165) is 37.9 Å². The molecule has 3 aliphatic rings. The fraction of sp³-hybridized carbons (Fsp3) is 0.933. The first-order valence-corrected chi connectivity index (χ1v) is 7.81. The first-order chi connectivity index (χ1) is 9.09. The van der Waals surface area contributed by atoms with E-state index in [4.69, 9.17) is 5.73 Å². The van der Waals surface area contributed by atoms with Crippen molar-refractivity contribution < 1.29 is 4.79 Å². The number of hydrogen-bond acceptors (Lipinski definition) is 3. The molecule has 3 N–H and O–H groups in total. The van der Waals surface area contributed by atoms with Crippen LogP contribution in [-0.2, 0) is 4.79 Å². The van der Waals surface area contributed by atoms with E-state index in [1.165, 1.54) is 25.7 Å². The van der Waals surface area contributed by atoms with E-state index in [1.54, 1.807) is 0 Å². The summed E-state index contributed by atoms with van der Waals surface area (Å²) in [5.41, 5.74) is 6.03. The Morgan fingerprint density at radius 2 is 2.00 bits per heavy atom. The second-order valence-electron chi connectivity index (χ2n) is 7.24. The molecule has 2 saturated carbocycles. The van der Waals surface area contributed by atoms with Crippen LogP contribution in [0.15, 0.2) is 0 Å². The van der Waals surface area contributed by atoms with E-state index < -0.39 is 0 Å².